The normalized spacial score (nSPS) is 21.3. The Labute approximate surface area is 191 Å². The number of sulfonamides is 1. The summed E-state index contributed by atoms with van der Waals surface area (Å²) in [4.78, 5) is 15.1. The van der Waals surface area contributed by atoms with Crippen LogP contribution >= 0.6 is 0 Å². The van der Waals surface area contributed by atoms with Crippen molar-refractivity contribution in [3.63, 3.8) is 0 Å². The van der Waals surface area contributed by atoms with Crippen LogP contribution in [0.2, 0.25) is 0 Å². The third kappa shape index (κ3) is 4.84. The highest BCUT2D eigenvalue weighted by atomic mass is 32.2. The monoisotopic (exact) mass is 455 g/mol. The molecule has 6 nitrogen and oxygen atoms in total. The van der Waals surface area contributed by atoms with E-state index in [1.165, 1.54) is 11.3 Å². The Balaban J connectivity index is 1.31. The topological polar surface area (TPSA) is 78.5 Å². The zero-order valence-corrected chi connectivity index (χ0v) is 19.9. The summed E-state index contributed by atoms with van der Waals surface area (Å²) in [6.07, 6.45) is 3.78. The zero-order chi connectivity index (χ0) is 22.9. The minimum Gasteiger partial charge on any atom is -0.341 e. The maximum Gasteiger partial charge on any atom is 0.227 e. The summed E-state index contributed by atoms with van der Waals surface area (Å²) in [5.41, 5.74) is 4.54. The molecule has 32 heavy (non-hydrogen) atoms. The van der Waals surface area contributed by atoms with Gasteiger partial charge in [0.1, 0.15) is 0 Å². The molecule has 2 aliphatic rings. The number of para-hydroxylation sites is 1. The fourth-order valence-electron chi connectivity index (χ4n) is 4.45. The van der Waals surface area contributed by atoms with Gasteiger partial charge in [0.15, 0.2) is 0 Å². The molecule has 1 aliphatic heterocycles. The molecule has 1 amide bonds. The van der Waals surface area contributed by atoms with Crippen molar-refractivity contribution < 1.29 is 13.2 Å². The van der Waals surface area contributed by atoms with E-state index in [0.717, 1.165) is 24.3 Å². The van der Waals surface area contributed by atoms with Gasteiger partial charge in [-0.25, -0.2) is 13.1 Å². The summed E-state index contributed by atoms with van der Waals surface area (Å²) in [5.74, 6) is -0.0723. The average Bonchev–Trinajstić information content (AvgIpc) is 3.18. The number of nitrogens with zero attached hydrogens (tertiary/aromatic N) is 1. The van der Waals surface area contributed by atoms with Gasteiger partial charge in [0.05, 0.1) is 4.75 Å². The molecule has 0 bridgehead atoms. The second-order valence-electron chi connectivity index (χ2n) is 9.85. The molecule has 1 fully saturated rings. The molecular weight excluding hydrogens is 422 g/mol. The maximum atomic E-state index is 12.8. The molecule has 1 heterocycles. The lowest BCUT2D eigenvalue weighted by Crippen LogP contribution is -2.46. The lowest BCUT2D eigenvalue weighted by atomic mass is 9.86. The van der Waals surface area contributed by atoms with E-state index in [1.807, 2.05) is 12.1 Å². The molecule has 0 spiro atoms. The molecule has 2 N–H and O–H groups in total. The van der Waals surface area contributed by atoms with Gasteiger partial charge in [-0.1, -0.05) is 18.2 Å². The molecule has 0 aromatic heterocycles. The van der Waals surface area contributed by atoms with Crippen LogP contribution in [-0.2, 0) is 21.2 Å². The third-order valence-corrected chi connectivity index (χ3v) is 8.82. The number of anilines is 3. The average molecular weight is 456 g/mol. The first-order chi connectivity index (χ1) is 15.1. The Morgan fingerprint density at radius 1 is 0.969 bits per heavy atom. The van der Waals surface area contributed by atoms with Crippen molar-refractivity contribution in [2.24, 2.45) is 5.92 Å². The van der Waals surface area contributed by atoms with Gasteiger partial charge >= 0.3 is 0 Å². The molecule has 2 aromatic carbocycles. The predicted octanol–water partition coefficient (Wildman–Crippen LogP) is 4.60. The van der Waals surface area contributed by atoms with Crippen LogP contribution in [-0.4, -0.2) is 31.7 Å². The SMILES string of the molecule is CC(C)(C)S(=O)(=O)N[C@H]1CC[C@H](C(=O)Nc2ccc(N3CCc4ccccc43)cc2)CC1. The Kier molecular flexibility index (Phi) is 6.32. The summed E-state index contributed by atoms with van der Waals surface area (Å²) in [7, 11) is -3.37. The minimum atomic E-state index is -3.37. The number of benzene rings is 2. The fourth-order valence-corrected chi connectivity index (χ4v) is 5.47. The van der Waals surface area contributed by atoms with Gasteiger partial charge in [0, 0.05) is 35.6 Å². The van der Waals surface area contributed by atoms with E-state index in [1.54, 1.807) is 20.8 Å². The minimum absolute atomic E-state index is 0.0152. The van der Waals surface area contributed by atoms with Crippen molar-refractivity contribution >= 4 is 33.0 Å². The van der Waals surface area contributed by atoms with Crippen molar-refractivity contribution in [3.05, 3.63) is 54.1 Å². The lowest BCUT2D eigenvalue weighted by Gasteiger charge is -2.30. The first-order valence-corrected chi connectivity index (χ1v) is 12.9. The van der Waals surface area contributed by atoms with Gasteiger partial charge in [-0.3, -0.25) is 4.79 Å². The first kappa shape index (κ1) is 22.8. The molecule has 0 radical (unpaired) electrons. The van der Waals surface area contributed by atoms with Gasteiger partial charge in [-0.2, -0.15) is 0 Å². The second kappa shape index (κ2) is 8.87. The molecular formula is C25H33N3O3S. The predicted molar refractivity (Wildman–Crippen MR) is 130 cm³/mol. The highest BCUT2D eigenvalue weighted by Crippen LogP contribution is 2.35. The summed E-state index contributed by atoms with van der Waals surface area (Å²) < 4.78 is 26.7. The van der Waals surface area contributed by atoms with Gasteiger partial charge in [-0.05, 0) is 88.8 Å². The van der Waals surface area contributed by atoms with E-state index in [4.69, 9.17) is 0 Å². The van der Waals surface area contributed by atoms with Crippen LogP contribution in [0.4, 0.5) is 17.1 Å². The highest BCUT2D eigenvalue weighted by Gasteiger charge is 2.34. The summed E-state index contributed by atoms with van der Waals surface area (Å²) in [6.45, 7) is 6.06. The molecule has 1 aliphatic carbocycles. The first-order valence-electron chi connectivity index (χ1n) is 11.4. The number of hydrogen-bond acceptors (Lipinski definition) is 4. The molecule has 2 aromatic rings. The second-order valence-corrected chi connectivity index (χ2v) is 12.3. The van der Waals surface area contributed by atoms with E-state index in [-0.39, 0.29) is 17.9 Å². The lowest BCUT2D eigenvalue weighted by molar-refractivity contribution is -0.120. The van der Waals surface area contributed by atoms with Gasteiger partial charge in [0.2, 0.25) is 15.9 Å². The molecule has 7 heteroatoms. The van der Waals surface area contributed by atoms with Crippen molar-refractivity contribution in [2.45, 2.75) is 63.7 Å². The summed E-state index contributed by atoms with van der Waals surface area (Å²) in [5, 5.41) is 3.04. The number of amides is 1. The Hall–Kier alpha value is -2.38. The highest BCUT2D eigenvalue weighted by molar-refractivity contribution is 7.90. The third-order valence-electron chi connectivity index (χ3n) is 6.56. The van der Waals surface area contributed by atoms with Crippen molar-refractivity contribution in [3.8, 4) is 0 Å². The standard InChI is InChI=1S/C25H33N3O3S/c1-25(2,3)32(30,31)27-21-10-8-19(9-11-21)24(29)26-20-12-14-22(15-13-20)28-17-16-18-6-4-5-7-23(18)28/h4-7,12-15,19,21,27H,8-11,16-17H2,1-3H3,(H,26,29)/t19-,21-. The van der Waals surface area contributed by atoms with Crippen LogP contribution in [0.3, 0.4) is 0 Å². The largest absolute Gasteiger partial charge is 0.341 e. The number of rotatable bonds is 5. The Bertz CT molecular complexity index is 1070. The fraction of sp³-hybridized carbons (Fsp3) is 0.480. The molecule has 4 rings (SSSR count). The van der Waals surface area contributed by atoms with E-state index in [0.29, 0.717) is 25.7 Å². The summed E-state index contributed by atoms with van der Waals surface area (Å²) in [6, 6.07) is 16.4. The van der Waals surface area contributed by atoms with Crippen molar-refractivity contribution in [2.75, 3.05) is 16.8 Å². The van der Waals surface area contributed by atoms with Crippen LogP contribution < -0.4 is 14.9 Å². The maximum absolute atomic E-state index is 12.8. The van der Waals surface area contributed by atoms with Gasteiger partial charge in [-0.15, -0.1) is 0 Å². The van der Waals surface area contributed by atoms with E-state index in [9.17, 15) is 13.2 Å². The number of hydrogen-bond donors (Lipinski definition) is 2. The van der Waals surface area contributed by atoms with E-state index < -0.39 is 14.8 Å². The van der Waals surface area contributed by atoms with Gasteiger partial charge in [0.25, 0.3) is 0 Å². The Morgan fingerprint density at radius 3 is 2.28 bits per heavy atom. The van der Waals surface area contributed by atoms with Crippen LogP contribution in [0.15, 0.2) is 48.5 Å². The number of carbonyl (C=O) groups excluding carboxylic acids is 1. The zero-order valence-electron chi connectivity index (χ0n) is 19.1. The van der Waals surface area contributed by atoms with Crippen LogP contribution in [0.1, 0.15) is 52.0 Å². The quantitative estimate of drug-likeness (QED) is 0.691. The molecule has 0 atom stereocenters. The van der Waals surface area contributed by atoms with E-state index >= 15 is 0 Å². The molecule has 1 saturated carbocycles. The number of fused-ring (bicyclic) bond motifs is 1. The number of carbonyl (C=O) groups is 1. The molecule has 0 unspecified atom stereocenters. The van der Waals surface area contributed by atoms with Crippen molar-refractivity contribution in [1.29, 1.82) is 0 Å². The van der Waals surface area contributed by atoms with E-state index in [2.05, 4.69) is 51.3 Å². The van der Waals surface area contributed by atoms with Gasteiger partial charge < -0.3 is 10.2 Å². The van der Waals surface area contributed by atoms with Crippen LogP contribution in [0.5, 0.6) is 0 Å². The van der Waals surface area contributed by atoms with Crippen LogP contribution in [0.25, 0.3) is 0 Å². The summed E-state index contributed by atoms with van der Waals surface area (Å²) >= 11 is 0. The molecule has 172 valence electrons. The number of nitrogens with one attached hydrogen (secondary N) is 2. The van der Waals surface area contributed by atoms with Crippen LogP contribution in [0, 0.1) is 5.92 Å². The molecule has 0 saturated heterocycles. The Morgan fingerprint density at radius 2 is 1.62 bits per heavy atom. The smallest absolute Gasteiger partial charge is 0.227 e. The van der Waals surface area contributed by atoms with Crippen molar-refractivity contribution in [1.82, 2.24) is 4.72 Å².